The maximum atomic E-state index is 12.2. The fourth-order valence-electron chi connectivity index (χ4n) is 2.27. The van der Waals surface area contributed by atoms with Crippen molar-refractivity contribution in [2.24, 2.45) is 0 Å². The van der Waals surface area contributed by atoms with Gasteiger partial charge in [-0.25, -0.2) is 0 Å². The zero-order valence-corrected chi connectivity index (χ0v) is 9.55. The SMILES string of the molecule is Nc1cccc2c1CCC[C@@H]2NC(=O)C(F)(F)F. The first-order valence-corrected chi connectivity index (χ1v) is 5.64. The molecule has 6 heteroatoms. The van der Waals surface area contributed by atoms with Gasteiger partial charge in [0.1, 0.15) is 0 Å². The maximum Gasteiger partial charge on any atom is 0.471 e. The van der Waals surface area contributed by atoms with Gasteiger partial charge in [-0.1, -0.05) is 12.1 Å². The number of rotatable bonds is 1. The summed E-state index contributed by atoms with van der Waals surface area (Å²) in [4.78, 5) is 11.0. The van der Waals surface area contributed by atoms with Gasteiger partial charge in [0.15, 0.2) is 0 Å². The number of carbonyl (C=O) groups is 1. The van der Waals surface area contributed by atoms with Crippen LogP contribution in [-0.4, -0.2) is 12.1 Å². The molecule has 1 atom stereocenters. The zero-order chi connectivity index (χ0) is 13.3. The Bertz CT molecular complexity index is 471. The Balaban J connectivity index is 2.24. The molecule has 1 aromatic carbocycles. The van der Waals surface area contributed by atoms with Crippen molar-refractivity contribution in [2.75, 3.05) is 5.73 Å². The van der Waals surface area contributed by atoms with E-state index in [9.17, 15) is 18.0 Å². The largest absolute Gasteiger partial charge is 0.471 e. The van der Waals surface area contributed by atoms with Gasteiger partial charge in [0, 0.05) is 5.69 Å². The van der Waals surface area contributed by atoms with Crippen LogP contribution < -0.4 is 11.1 Å². The molecular formula is C12H13F3N2O. The maximum absolute atomic E-state index is 12.2. The Labute approximate surface area is 102 Å². The van der Waals surface area contributed by atoms with E-state index in [-0.39, 0.29) is 0 Å². The lowest BCUT2D eigenvalue weighted by molar-refractivity contribution is -0.174. The van der Waals surface area contributed by atoms with E-state index >= 15 is 0 Å². The monoisotopic (exact) mass is 258 g/mol. The number of nitrogens with two attached hydrogens (primary N) is 1. The minimum atomic E-state index is -4.85. The second-order valence-corrected chi connectivity index (χ2v) is 4.33. The molecule has 98 valence electrons. The summed E-state index contributed by atoms with van der Waals surface area (Å²) >= 11 is 0. The van der Waals surface area contributed by atoms with Crippen LogP contribution in [0.5, 0.6) is 0 Å². The average molecular weight is 258 g/mol. The van der Waals surface area contributed by atoms with Crippen molar-refractivity contribution >= 4 is 11.6 Å². The van der Waals surface area contributed by atoms with Gasteiger partial charge in [0.25, 0.3) is 0 Å². The average Bonchev–Trinajstić information content (AvgIpc) is 2.29. The van der Waals surface area contributed by atoms with Crippen LogP contribution in [0.3, 0.4) is 0 Å². The molecule has 0 heterocycles. The highest BCUT2D eigenvalue weighted by molar-refractivity contribution is 5.82. The van der Waals surface area contributed by atoms with Gasteiger partial charge in [-0.3, -0.25) is 4.79 Å². The molecule has 2 rings (SSSR count). The van der Waals surface area contributed by atoms with E-state index in [1.165, 1.54) is 0 Å². The Morgan fingerprint density at radius 3 is 2.78 bits per heavy atom. The number of nitrogen functional groups attached to an aromatic ring is 1. The van der Waals surface area contributed by atoms with Crippen molar-refractivity contribution in [3.63, 3.8) is 0 Å². The predicted molar refractivity (Wildman–Crippen MR) is 60.7 cm³/mol. The van der Waals surface area contributed by atoms with E-state index in [4.69, 9.17) is 5.73 Å². The fraction of sp³-hybridized carbons (Fsp3) is 0.417. The molecule has 0 fully saturated rings. The molecule has 3 N–H and O–H groups in total. The number of fused-ring (bicyclic) bond motifs is 1. The second-order valence-electron chi connectivity index (χ2n) is 4.33. The van der Waals surface area contributed by atoms with Crippen molar-refractivity contribution in [2.45, 2.75) is 31.5 Å². The van der Waals surface area contributed by atoms with Crippen LogP contribution in [0.1, 0.15) is 30.0 Å². The summed E-state index contributed by atoms with van der Waals surface area (Å²) in [6, 6.07) is 4.51. The first kappa shape index (κ1) is 12.7. The molecule has 18 heavy (non-hydrogen) atoms. The van der Waals surface area contributed by atoms with Gasteiger partial charge in [-0.2, -0.15) is 13.2 Å². The van der Waals surface area contributed by atoms with Crippen molar-refractivity contribution in [1.82, 2.24) is 5.32 Å². The van der Waals surface area contributed by atoms with Crippen LogP contribution in [0.15, 0.2) is 18.2 Å². The molecule has 1 amide bonds. The smallest absolute Gasteiger partial charge is 0.398 e. The van der Waals surface area contributed by atoms with Gasteiger partial charge in [0.2, 0.25) is 0 Å². The number of benzene rings is 1. The van der Waals surface area contributed by atoms with Gasteiger partial charge >= 0.3 is 12.1 Å². The molecule has 0 saturated heterocycles. The lowest BCUT2D eigenvalue weighted by Gasteiger charge is -2.27. The third kappa shape index (κ3) is 2.42. The number of nitrogens with one attached hydrogen (secondary N) is 1. The van der Waals surface area contributed by atoms with E-state index < -0.39 is 18.1 Å². The number of hydrogen-bond donors (Lipinski definition) is 2. The molecule has 0 unspecified atom stereocenters. The number of hydrogen-bond acceptors (Lipinski definition) is 2. The number of halogens is 3. The molecule has 0 radical (unpaired) electrons. The van der Waals surface area contributed by atoms with E-state index in [0.717, 1.165) is 12.0 Å². The molecule has 3 nitrogen and oxygen atoms in total. The first-order valence-electron chi connectivity index (χ1n) is 5.64. The quantitative estimate of drug-likeness (QED) is 0.759. The fourth-order valence-corrected chi connectivity index (χ4v) is 2.27. The summed E-state index contributed by atoms with van der Waals surface area (Å²) in [7, 11) is 0. The highest BCUT2D eigenvalue weighted by atomic mass is 19.4. The van der Waals surface area contributed by atoms with Crippen molar-refractivity contribution < 1.29 is 18.0 Å². The van der Waals surface area contributed by atoms with Gasteiger partial charge in [-0.15, -0.1) is 0 Å². The lowest BCUT2D eigenvalue weighted by atomic mass is 9.86. The normalized spacial score (nSPS) is 19.2. The van der Waals surface area contributed by atoms with Crippen molar-refractivity contribution in [3.8, 4) is 0 Å². The van der Waals surface area contributed by atoms with Crippen molar-refractivity contribution in [1.29, 1.82) is 0 Å². The Kier molecular flexibility index (Phi) is 3.19. The summed E-state index contributed by atoms with van der Waals surface area (Å²) in [5.41, 5.74) is 7.89. The van der Waals surface area contributed by atoms with E-state index in [1.54, 1.807) is 18.2 Å². The number of alkyl halides is 3. The van der Waals surface area contributed by atoms with Crippen LogP contribution >= 0.6 is 0 Å². The molecule has 0 spiro atoms. The Morgan fingerprint density at radius 2 is 2.11 bits per heavy atom. The van der Waals surface area contributed by atoms with Gasteiger partial charge < -0.3 is 11.1 Å². The molecule has 1 aromatic rings. The molecule has 1 aliphatic carbocycles. The predicted octanol–water partition coefficient (Wildman–Crippen LogP) is 2.32. The van der Waals surface area contributed by atoms with Gasteiger partial charge in [-0.05, 0) is 36.5 Å². The topological polar surface area (TPSA) is 55.1 Å². The second kappa shape index (κ2) is 4.51. The van der Waals surface area contributed by atoms with Crippen LogP contribution in [-0.2, 0) is 11.2 Å². The third-order valence-corrected chi connectivity index (χ3v) is 3.11. The van der Waals surface area contributed by atoms with Crippen LogP contribution in [0, 0.1) is 0 Å². The summed E-state index contributed by atoms with van der Waals surface area (Å²) in [6.07, 6.45) is -2.90. The highest BCUT2D eigenvalue weighted by Crippen LogP contribution is 2.33. The molecule has 1 aliphatic rings. The van der Waals surface area contributed by atoms with E-state index in [2.05, 4.69) is 0 Å². The van der Waals surface area contributed by atoms with Crippen LogP contribution in [0.4, 0.5) is 18.9 Å². The number of amides is 1. The van der Waals surface area contributed by atoms with Crippen molar-refractivity contribution in [3.05, 3.63) is 29.3 Å². The minimum absolute atomic E-state index is 0.498. The summed E-state index contributed by atoms with van der Waals surface area (Å²) in [5.74, 6) is -1.90. The third-order valence-electron chi connectivity index (χ3n) is 3.11. The molecular weight excluding hydrogens is 245 g/mol. The zero-order valence-electron chi connectivity index (χ0n) is 9.55. The highest BCUT2D eigenvalue weighted by Gasteiger charge is 2.40. The minimum Gasteiger partial charge on any atom is -0.398 e. The Morgan fingerprint density at radius 1 is 1.39 bits per heavy atom. The summed E-state index contributed by atoms with van der Waals surface area (Å²) in [6.45, 7) is 0. The molecule has 0 aliphatic heterocycles. The summed E-state index contributed by atoms with van der Waals surface area (Å²) in [5, 5.41) is 2.02. The molecule has 0 bridgehead atoms. The number of carbonyl (C=O) groups excluding carboxylic acids is 1. The van der Waals surface area contributed by atoms with Crippen LogP contribution in [0.25, 0.3) is 0 Å². The van der Waals surface area contributed by atoms with E-state index in [0.29, 0.717) is 24.1 Å². The van der Waals surface area contributed by atoms with Gasteiger partial charge in [0.05, 0.1) is 6.04 Å². The van der Waals surface area contributed by atoms with E-state index in [1.807, 2.05) is 5.32 Å². The van der Waals surface area contributed by atoms with Crippen LogP contribution in [0.2, 0.25) is 0 Å². The number of anilines is 1. The Hall–Kier alpha value is -1.72. The summed E-state index contributed by atoms with van der Waals surface area (Å²) < 4.78 is 36.7. The standard InChI is InChI=1S/C12H13F3N2O/c13-12(14,15)11(18)17-10-6-2-3-7-8(10)4-1-5-9(7)16/h1,4-5,10H,2-3,6,16H2,(H,17,18)/t10-/m0/s1. The molecule has 0 aromatic heterocycles. The molecule has 0 saturated carbocycles. The first-order chi connectivity index (χ1) is 8.39. The lowest BCUT2D eigenvalue weighted by Crippen LogP contribution is -2.40.